The van der Waals surface area contributed by atoms with Crippen molar-refractivity contribution in [1.29, 1.82) is 0 Å². The Kier molecular flexibility index (Phi) is 2.39. The lowest BCUT2D eigenvalue weighted by Crippen LogP contribution is -1.96. The minimum atomic E-state index is -0.555. The molecule has 1 rings (SSSR count). The van der Waals surface area contributed by atoms with E-state index in [0.29, 0.717) is 5.56 Å². The maximum atomic E-state index is 10.7. The van der Waals surface area contributed by atoms with Gasteiger partial charge in [0, 0.05) is 11.8 Å². The molecule has 0 fully saturated rings. The molecule has 0 aliphatic carbocycles. The van der Waals surface area contributed by atoms with Crippen LogP contribution >= 0.6 is 11.6 Å². The van der Waals surface area contributed by atoms with Crippen LogP contribution in [0.4, 0.5) is 0 Å². The van der Waals surface area contributed by atoms with E-state index < -0.39 is 5.24 Å². The molecule has 0 saturated heterocycles. The molecule has 0 spiro atoms. The number of rotatable bonds is 2. The van der Waals surface area contributed by atoms with Gasteiger partial charge in [-0.2, -0.15) is 0 Å². The number of hydrogen-bond acceptors (Lipinski definition) is 2. The third-order valence-corrected chi connectivity index (χ3v) is 1.42. The molecular weight excluding hydrogens is 162 g/mol. The molecule has 3 heteroatoms. The molecule has 0 atom stereocenters. The number of halogens is 1. The summed E-state index contributed by atoms with van der Waals surface area (Å²) in [5.41, 5.74) is 0.914. The van der Waals surface area contributed by atoms with Crippen LogP contribution in [0.2, 0.25) is 0 Å². The predicted molar refractivity (Wildman–Crippen MR) is 44.5 cm³/mol. The summed E-state index contributed by atoms with van der Waals surface area (Å²) in [6, 6.07) is 3.45. The molecule has 0 N–H and O–H groups in total. The van der Waals surface area contributed by atoms with Gasteiger partial charge in [0.25, 0.3) is 5.24 Å². The van der Waals surface area contributed by atoms with Crippen molar-refractivity contribution in [1.82, 2.24) is 4.98 Å². The molecule has 0 bridgehead atoms. The molecular formula is C8H6ClNO. The van der Waals surface area contributed by atoms with Crippen LogP contribution < -0.4 is 0 Å². The largest absolute Gasteiger partial charge is 0.274 e. The van der Waals surface area contributed by atoms with Crippen LogP contribution in [0.15, 0.2) is 24.9 Å². The summed E-state index contributed by atoms with van der Waals surface area (Å²) in [4.78, 5) is 14.5. The summed E-state index contributed by atoms with van der Waals surface area (Å²) in [6.45, 7) is 3.52. The molecule has 0 aliphatic heterocycles. The van der Waals surface area contributed by atoms with Gasteiger partial charge in [0.15, 0.2) is 0 Å². The van der Waals surface area contributed by atoms with Crippen LogP contribution in [0.5, 0.6) is 0 Å². The maximum Gasteiger partial charge on any atom is 0.271 e. The average Bonchev–Trinajstić information content (AvgIpc) is 2.04. The van der Waals surface area contributed by atoms with Gasteiger partial charge < -0.3 is 0 Å². The maximum absolute atomic E-state index is 10.7. The van der Waals surface area contributed by atoms with E-state index in [1.165, 1.54) is 6.20 Å². The lowest BCUT2D eigenvalue weighted by molar-refractivity contribution is 0.107. The van der Waals surface area contributed by atoms with E-state index in [9.17, 15) is 4.79 Å². The summed E-state index contributed by atoms with van der Waals surface area (Å²) in [5.74, 6) is 0. The van der Waals surface area contributed by atoms with Gasteiger partial charge >= 0.3 is 0 Å². The van der Waals surface area contributed by atoms with Gasteiger partial charge in [0.05, 0.1) is 0 Å². The second-order valence-corrected chi connectivity index (χ2v) is 2.26. The van der Waals surface area contributed by atoms with E-state index in [1.807, 2.05) is 0 Å². The Hall–Kier alpha value is -1.15. The molecule has 1 heterocycles. The highest BCUT2D eigenvalue weighted by Crippen LogP contribution is 2.08. The second-order valence-electron chi connectivity index (χ2n) is 1.92. The Bertz CT molecular complexity index is 296. The highest BCUT2D eigenvalue weighted by Gasteiger charge is 2.05. The van der Waals surface area contributed by atoms with Gasteiger partial charge in [-0.25, -0.2) is 0 Å². The fourth-order valence-corrected chi connectivity index (χ4v) is 0.905. The quantitative estimate of drug-likeness (QED) is 0.632. The molecule has 0 radical (unpaired) electrons. The van der Waals surface area contributed by atoms with E-state index in [4.69, 9.17) is 11.6 Å². The first-order valence-electron chi connectivity index (χ1n) is 3.03. The van der Waals surface area contributed by atoms with Gasteiger partial charge in [-0.1, -0.05) is 18.7 Å². The fourth-order valence-electron chi connectivity index (χ4n) is 0.747. The minimum absolute atomic E-state index is 0.254. The van der Waals surface area contributed by atoms with Crippen LogP contribution in [0.25, 0.3) is 6.08 Å². The topological polar surface area (TPSA) is 30.0 Å². The average molecular weight is 168 g/mol. The summed E-state index contributed by atoms with van der Waals surface area (Å²) >= 11 is 5.24. The summed E-state index contributed by atoms with van der Waals surface area (Å²) in [6.07, 6.45) is 3.06. The van der Waals surface area contributed by atoms with Gasteiger partial charge in [-0.15, -0.1) is 0 Å². The molecule has 0 aromatic carbocycles. The smallest absolute Gasteiger partial charge is 0.271 e. The van der Waals surface area contributed by atoms with Crippen LogP contribution in [0.3, 0.4) is 0 Å². The van der Waals surface area contributed by atoms with Crippen molar-refractivity contribution >= 4 is 22.9 Å². The highest BCUT2D eigenvalue weighted by atomic mass is 35.5. The monoisotopic (exact) mass is 167 g/mol. The van der Waals surface area contributed by atoms with Gasteiger partial charge in [0.1, 0.15) is 5.69 Å². The lowest BCUT2D eigenvalue weighted by atomic mass is 10.2. The normalized spacial score (nSPS) is 9.18. The number of aromatic nitrogens is 1. The standard InChI is InChI=1S/C8H6ClNO/c1-2-6-4-3-5-10-7(6)8(9)11/h2-5H,1H2. The first-order chi connectivity index (χ1) is 5.25. The van der Waals surface area contributed by atoms with Gasteiger partial charge in [0.2, 0.25) is 0 Å². The first kappa shape index (κ1) is 7.95. The molecule has 0 saturated carbocycles. The molecule has 1 aromatic heterocycles. The Morgan fingerprint density at radius 3 is 2.91 bits per heavy atom. The third-order valence-electron chi connectivity index (χ3n) is 1.25. The van der Waals surface area contributed by atoms with E-state index >= 15 is 0 Å². The van der Waals surface area contributed by atoms with Crippen LogP contribution in [0.1, 0.15) is 16.1 Å². The fraction of sp³-hybridized carbons (Fsp3) is 0. The zero-order valence-corrected chi connectivity index (χ0v) is 6.51. The van der Waals surface area contributed by atoms with Crippen LogP contribution in [0, 0.1) is 0 Å². The molecule has 0 aliphatic rings. The SMILES string of the molecule is C=Cc1cccnc1C(=O)Cl. The van der Waals surface area contributed by atoms with Crippen molar-refractivity contribution in [3.8, 4) is 0 Å². The summed E-state index contributed by atoms with van der Waals surface area (Å²) in [7, 11) is 0. The molecule has 2 nitrogen and oxygen atoms in total. The third kappa shape index (κ3) is 1.65. The summed E-state index contributed by atoms with van der Waals surface area (Å²) in [5, 5.41) is -0.555. The number of nitrogens with zero attached hydrogens (tertiary/aromatic N) is 1. The van der Waals surface area contributed by atoms with Crippen LogP contribution in [-0.4, -0.2) is 10.2 Å². The predicted octanol–water partition coefficient (Wildman–Crippen LogP) is 2.10. The van der Waals surface area contributed by atoms with E-state index in [1.54, 1.807) is 18.2 Å². The Morgan fingerprint density at radius 2 is 2.45 bits per heavy atom. The van der Waals surface area contributed by atoms with Crippen molar-refractivity contribution in [2.45, 2.75) is 0 Å². The molecule has 0 amide bonds. The number of carbonyl (C=O) groups excluding carboxylic acids is 1. The first-order valence-corrected chi connectivity index (χ1v) is 3.41. The van der Waals surface area contributed by atoms with Crippen molar-refractivity contribution < 1.29 is 4.79 Å². The Labute approximate surface area is 69.5 Å². The van der Waals surface area contributed by atoms with E-state index in [2.05, 4.69) is 11.6 Å². The zero-order valence-electron chi connectivity index (χ0n) is 5.75. The van der Waals surface area contributed by atoms with Gasteiger partial charge in [-0.3, -0.25) is 9.78 Å². The Morgan fingerprint density at radius 1 is 1.73 bits per heavy atom. The number of hydrogen-bond donors (Lipinski definition) is 0. The number of carbonyl (C=O) groups is 1. The van der Waals surface area contributed by atoms with Crippen molar-refractivity contribution in [2.24, 2.45) is 0 Å². The molecule has 56 valence electrons. The van der Waals surface area contributed by atoms with E-state index in [0.717, 1.165) is 0 Å². The lowest BCUT2D eigenvalue weighted by Gasteiger charge is -1.96. The van der Waals surface area contributed by atoms with Crippen LogP contribution in [-0.2, 0) is 0 Å². The molecule has 0 unspecified atom stereocenters. The minimum Gasteiger partial charge on any atom is -0.274 e. The molecule has 1 aromatic rings. The second kappa shape index (κ2) is 3.30. The highest BCUT2D eigenvalue weighted by molar-refractivity contribution is 6.67. The Balaban J connectivity index is 3.22. The van der Waals surface area contributed by atoms with Crippen molar-refractivity contribution in [3.05, 3.63) is 36.2 Å². The van der Waals surface area contributed by atoms with Crippen molar-refractivity contribution in [3.63, 3.8) is 0 Å². The van der Waals surface area contributed by atoms with E-state index in [-0.39, 0.29) is 5.69 Å². The molecule has 11 heavy (non-hydrogen) atoms. The summed E-state index contributed by atoms with van der Waals surface area (Å²) < 4.78 is 0. The van der Waals surface area contributed by atoms with Gasteiger partial charge in [-0.05, 0) is 17.7 Å². The number of pyridine rings is 1. The zero-order chi connectivity index (χ0) is 8.27. The van der Waals surface area contributed by atoms with Crippen molar-refractivity contribution in [2.75, 3.05) is 0 Å².